The average molecular weight is 191 g/mol. The highest BCUT2D eigenvalue weighted by molar-refractivity contribution is 5.39. The van der Waals surface area contributed by atoms with Crippen molar-refractivity contribution in [2.24, 2.45) is 5.73 Å². The predicted molar refractivity (Wildman–Crippen MR) is 57.7 cm³/mol. The van der Waals surface area contributed by atoms with E-state index in [2.05, 4.69) is 12.1 Å². The fraction of sp³-hybridized carbons (Fsp3) is 0.500. The topological polar surface area (TPSA) is 35.2 Å². The average Bonchev–Trinajstić information content (AvgIpc) is 2.27. The summed E-state index contributed by atoms with van der Waals surface area (Å²) in [6.45, 7) is 0.750. The second kappa shape index (κ2) is 4.01. The lowest BCUT2D eigenvalue weighted by atomic mass is 9.83. The largest absolute Gasteiger partial charge is 0.497 e. The van der Waals surface area contributed by atoms with Crippen LogP contribution in [0, 0.1) is 0 Å². The molecule has 1 atom stereocenters. The Labute approximate surface area is 85.1 Å². The van der Waals surface area contributed by atoms with E-state index in [0.29, 0.717) is 5.92 Å². The Morgan fingerprint density at radius 2 is 2.36 bits per heavy atom. The molecule has 0 fully saturated rings. The molecule has 2 N–H and O–H groups in total. The van der Waals surface area contributed by atoms with Gasteiger partial charge in [0.05, 0.1) is 7.11 Å². The van der Waals surface area contributed by atoms with E-state index in [1.54, 1.807) is 7.11 Å². The molecule has 0 saturated heterocycles. The number of benzene rings is 1. The van der Waals surface area contributed by atoms with Crippen molar-refractivity contribution in [1.29, 1.82) is 0 Å². The molecule has 1 aliphatic carbocycles. The summed E-state index contributed by atoms with van der Waals surface area (Å²) in [7, 11) is 1.71. The second-order valence-electron chi connectivity index (χ2n) is 3.89. The molecule has 76 valence electrons. The van der Waals surface area contributed by atoms with Crippen LogP contribution < -0.4 is 10.5 Å². The molecule has 0 heterocycles. The third-order valence-electron chi connectivity index (χ3n) is 3.08. The lowest BCUT2D eigenvalue weighted by molar-refractivity contribution is 0.412. The van der Waals surface area contributed by atoms with Gasteiger partial charge in [-0.05, 0) is 55.0 Å². The van der Waals surface area contributed by atoms with Crippen molar-refractivity contribution in [3.05, 3.63) is 29.3 Å². The lowest BCUT2D eigenvalue weighted by Gasteiger charge is -2.24. The molecule has 0 aliphatic heterocycles. The van der Waals surface area contributed by atoms with Gasteiger partial charge in [-0.1, -0.05) is 6.07 Å². The lowest BCUT2D eigenvalue weighted by Crippen LogP contribution is -2.18. The number of aryl methyl sites for hydroxylation is 1. The smallest absolute Gasteiger partial charge is 0.119 e. The number of fused-ring (bicyclic) bond motifs is 1. The van der Waals surface area contributed by atoms with E-state index in [1.165, 1.54) is 30.4 Å². The van der Waals surface area contributed by atoms with Crippen LogP contribution in [0.25, 0.3) is 0 Å². The predicted octanol–water partition coefficient (Wildman–Crippen LogP) is 2.07. The van der Waals surface area contributed by atoms with Gasteiger partial charge in [0.15, 0.2) is 0 Å². The van der Waals surface area contributed by atoms with Crippen molar-refractivity contribution in [3.63, 3.8) is 0 Å². The minimum atomic E-state index is 0.536. The van der Waals surface area contributed by atoms with Crippen molar-refractivity contribution >= 4 is 0 Å². The van der Waals surface area contributed by atoms with Crippen molar-refractivity contribution < 1.29 is 4.74 Å². The number of ether oxygens (including phenoxy) is 1. The molecule has 0 bridgehead atoms. The van der Waals surface area contributed by atoms with Crippen LogP contribution >= 0.6 is 0 Å². The molecule has 14 heavy (non-hydrogen) atoms. The molecule has 1 unspecified atom stereocenters. The summed E-state index contributed by atoms with van der Waals surface area (Å²) in [6.07, 6.45) is 3.67. The first-order valence-electron chi connectivity index (χ1n) is 5.22. The summed E-state index contributed by atoms with van der Waals surface area (Å²) in [4.78, 5) is 0. The monoisotopic (exact) mass is 191 g/mol. The minimum Gasteiger partial charge on any atom is -0.497 e. The zero-order valence-electron chi connectivity index (χ0n) is 8.62. The highest BCUT2D eigenvalue weighted by atomic mass is 16.5. The number of rotatable bonds is 2. The zero-order chi connectivity index (χ0) is 9.97. The molecule has 0 amide bonds. The molecule has 0 saturated carbocycles. The fourth-order valence-electron chi connectivity index (χ4n) is 2.25. The maximum absolute atomic E-state index is 5.77. The molecular formula is C12H17NO. The fourth-order valence-corrected chi connectivity index (χ4v) is 2.25. The van der Waals surface area contributed by atoms with Crippen LogP contribution in [-0.4, -0.2) is 13.7 Å². The van der Waals surface area contributed by atoms with Crippen molar-refractivity contribution in [1.82, 2.24) is 0 Å². The molecule has 2 rings (SSSR count). The molecule has 0 radical (unpaired) electrons. The van der Waals surface area contributed by atoms with Gasteiger partial charge in [0, 0.05) is 0 Å². The first-order chi connectivity index (χ1) is 6.85. The standard InChI is InChI=1S/C12H17NO/c1-14-11-6-5-9-3-2-4-10(8-13)12(9)7-11/h5-7,10H,2-4,8,13H2,1H3. The van der Waals surface area contributed by atoms with Gasteiger partial charge in [0.1, 0.15) is 5.75 Å². The number of nitrogens with two attached hydrogens (primary N) is 1. The molecule has 1 aromatic rings. The van der Waals surface area contributed by atoms with Gasteiger partial charge in [0.25, 0.3) is 0 Å². The molecule has 0 spiro atoms. The van der Waals surface area contributed by atoms with Crippen molar-refractivity contribution in [2.75, 3.05) is 13.7 Å². The van der Waals surface area contributed by atoms with Gasteiger partial charge >= 0.3 is 0 Å². The van der Waals surface area contributed by atoms with Gasteiger partial charge < -0.3 is 10.5 Å². The van der Waals surface area contributed by atoms with Crippen molar-refractivity contribution in [3.8, 4) is 5.75 Å². The Hall–Kier alpha value is -1.02. The SMILES string of the molecule is COc1ccc2c(c1)C(CN)CCC2. The Balaban J connectivity index is 2.38. The Bertz CT molecular complexity index is 322. The Morgan fingerprint density at radius 3 is 3.07 bits per heavy atom. The molecule has 2 nitrogen and oxygen atoms in total. The van der Waals surface area contributed by atoms with E-state index >= 15 is 0 Å². The summed E-state index contributed by atoms with van der Waals surface area (Å²) < 4.78 is 5.23. The number of methoxy groups -OCH3 is 1. The van der Waals surface area contributed by atoms with Gasteiger partial charge in [0.2, 0.25) is 0 Å². The quantitative estimate of drug-likeness (QED) is 0.776. The van der Waals surface area contributed by atoms with Crippen LogP contribution in [0.2, 0.25) is 0 Å². The highest BCUT2D eigenvalue weighted by Crippen LogP contribution is 2.33. The molecular weight excluding hydrogens is 174 g/mol. The maximum Gasteiger partial charge on any atom is 0.119 e. The van der Waals surface area contributed by atoms with Crippen molar-refractivity contribution in [2.45, 2.75) is 25.2 Å². The first kappa shape index (κ1) is 9.53. The van der Waals surface area contributed by atoms with Gasteiger partial charge in [-0.3, -0.25) is 0 Å². The number of hydrogen-bond acceptors (Lipinski definition) is 2. The van der Waals surface area contributed by atoms with Crippen LogP contribution in [0.3, 0.4) is 0 Å². The summed E-state index contributed by atoms with van der Waals surface area (Å²) in [6, 6.07) is 6.36. The van der Waals surface area contributed by atoms with E-state index in [0.717, 1.165) is 12.3 Å². The van der Waals surface area contributed by atoms with Crippen LogP contribution in [0.5, 0.6) is 5.75 Å². The number of hydrogen-bond donors (Lipinski definition) is 1. The maximum atomic E-state index is 5.77. The van der Waals surface area contributed by atoms with Crippen LogP contribution in [0.15, 0.2) is 18.2 Å². The van der Waals surface area contributed by atoms with Crippen LogP contribution in [0.1, 0.15) is 29.9 Å². The van der Waals surface area contributed by atoms with E-state index in [1.807, 2.05) is 6.07 Å². The third-order valence-corrected chi connectivity index (χ3v) is 3.08. The van der Waals surface area contributed by atoms with E-state index in [4.69, 9.17) is 10.5 Å². The van der Waals surface area contributed by atoms with E-state index in [9.17, 15) is 0 Å². The zero-order valence-corrected chi connectivity index (χ0v) is 8.62. The Morgan fingerprint density at radius 1 is 1.50 bits per heavy atom. The molecule has 2 heteroatoms. The van der Waals surface area contributed by atoms with Crippen LogP contribution in [-0.2, 0) is 6.42 Å². The summed E-state index contributed by atoms with van der Waals surface area (Å²) in [5.74, 6) is 1.48. The third kappa shape index (κ3) is 1.62. The highest BCUT2D eigenvalue weighted by Gasteiger charge is 2.19. The van der Waals surface area contributed by atoms with Gasteiger partial charge in [-0.15, -0.1) is 0 Å². The minimum absolute atomic E-state index is 0.536. The van der Waals surface area contributed by atoms with Gasteiger partial charge in [-0.2, -0.15) is 0 Å². The molecule has 1 aromatic carbocycles. The molecule has 1 aliphatic rings. The van der Waals surface area contributed by atoms with Gasteiger partial charge in [-0.25, -0.2) is 0 Å². The summed E-state index contributed by atoms with van der Waals surface area (Å²) in [5, 5.41) is 0. The second-order valence-corrected chi connectivity index (χ2v) is 3.89. The van der Waals surface area contributed by atoms with E-state index < -0.39 is 0 Å². The Kier molecular flexibility index (Phi) is 2.73. The van der Waals surface area contributed by atoms with E-state index in [-0.39, 0.29) is 0 Å². The van der Waals surface area contributed by atoms with Crippen LogP contribution in [0.4, 0.5) is 0 Å². The summed E-state index contributed by atoms with van der Waals surface area (Å²) >= 11 is 0. The molecule has 0 aromatic heterocycles. The normalized spacial score (nSPS) is 20.3. The summed E-state index contributed by atoms with van der Waals surface area (Å²) in [5.41, 5.74) is 8.62. The first-order valence-corrected chi connectivity index (χ1v) is 5.22.